The van der Waals surface area contributed by atoms with Crippen LogP contribution in [0, 0.1) is 0 Å². The Hall–Kier alpha value is -1.64. The van der Waals surface area contributed by atoms with E-state index in [1.165, 1.54) is 16.7 Å². The van der Waals surface area contributed by atoms with Crippen molar-refractivity contribution in [2.75, 3.05) is 26.3 Å². The van der Waals surface area contributed by atoms with Gasteiger partial charge in [0.15, 0.2) is 0 Å². The second-order valence-corrected chi connectivity index (χ2v) is 4.91. The first-order chi connectivity index (χ1) is 9.43. The van der Waals surface area contributed by atoms with Crippen LogP contribution in [0.4, 0.5) is 0 Å². The van der Waals surface area contributed by atoms with Gasteiger partial charge in [0.2, 0.25) is 0 Å². The molecule has 98 valence electrons. The maximum atomic E-state index is 5.41. The molecular formula is C17H19NO. The van der Waals surface area contributed by atoms with Gasteiger partial charge in [0.25, 0.3) is 0 Å². The molecule has 0 spiro atoms. The Morgan fingerprint density at radius 2 is 1.53 bits per heavy atom. The maximum Gasteiger partial charge on any atom is 0.0594 e. The normalized spacial score (nSPS) is 16.4. The topological polar surface area (TPSA) is 12.5 Å². The molecule has 1 aliphatic heterocycles. The van der Waals surface area contributed by atoms with E-state index in [9.17, 15) is 0 Å². The first-order valence-corrected chi connectivity index (χ1v) is 6.87. The van der Waals surface area contributed by atoms with Crippen LogP contribution in [0.2, 0.25) is 0 Å². The summed E-state index contributed by atoms with van der Waals surface area (Å²) in [6.45, 7) is 4.78. The molecule has 2 aromatic rings. The molecule has 1 fully saturated rings. The van der Waals surface area contributed by atoms with Gasteiger partial charge in [-0.1, -0.05) is 54.6 Å². The Balaban J connectivity index is 1.85. The number of rotatable bonds is 3. The van der Waals surface area contributed by atoms with Crippen LogP contribution < -0.4 is 0 Å². The molecular weight excluding hydrogens is 234 g/mol. The molecule has 1 saturated heterocycles. The smallest absolute Gasteiger partial charge is 0.0594 e. The largest absolute Gasteiger partial charge is 0.379 e. The minimum Gasteiger partial charge on any atom is -0.379 e. The van der Waals surface area contributed by atoms with E-state index in [2.05, 4.69) is 59.5 Å². The van der Waals surface area contributed by atoms with Crippen molar-refractivity contribution in [1.82, 2.24) is 4.90 Å². The van der Waals surface area contributed by atoms with Crippen LogP contribution in [0.1, 0.15) is 5.56 Å². The first-order valence-electron chi connectivity index (χ1n) is 6.87. The molecule has 3 rings (SSSR count). The molecule has 0 unspecified atom stereocenters. The third kappa shape index (κ3) is 3.03. The minimum absolute atomic E-state index is 0.855. The molecule has 2 aromatic carbocycles. The van der Waals surface area contributed by atoms with Crippen LogP contribution in [0.3, 0.4) is 0 Å². The Labute approximate surface area is 114 Å². The van der Waals surface area contributed by atoms with Gasteiger partial charge in [-0.15, -0.1) is 0 Å². The summed E-state index contributed by atoms with van der Waals surface area (Å²) < 4.78 is 5.41. The number of benzene rings is 2. The average molecular weight is 253 g/mol. The van der Waals surface area contributed by atoms with Crippen LogP contribution in [0.5, 0.6) is 0 Å². The van der Waals surface area contributed by atoms with Crippen molar-refractivity contribution in [3.63, 3.8) is 0 Å². The second-order valence-electron chi connectivity index (χ2n) is 4.91. The lowest BCUT2D eigenvalue weighted by Crippen LogP contribution is -2.35. The SMILES string of the molecule is c1ccc(-c2ccccc2CN2CCOCC2)cc1. The van der Waals surface area contributed by atoms with Crippen LogP contribution in [0.15, 0.2) is 54.6 Å². The van der Waals surface area contributed by atoms with Gasteiger partial charge in [-0.3, -0.25) is 4.90 Å². The zero-order valence-electron chi connectivity index (χ0n) is 11.1. The fourth-order valence-electron chi connectivity index (χ4n) is 2.56. The Morgan fingerprint density at radius 3 is 2.32 bits per heavy atom. The van der Waals surface area contributed by atoms with Crippen molar-refractivity contribution >= 4 is 0 Å². The lowest BCUT2D eigenvalue weighted by molar-refractivity contribution is 0.0342. The van der Waals surface area contributed by atoms with Crippen LogP contribution >= 0.6 is 0 Å². The first kappa shape index (κ1) is 12.4. The predicted molar refractivity (Wildman–Crippen MR) is 78.0 cm³/mol. The van der Waals surface area contributed by atoms with Gasteiger partial charge in [-0.25, -0.2) is 0 Å². The summed E-state index contributed by atoms with van der Waals surface area (Å²) in [4.78, 5) is 2.46. The Kier molecular flexibility index (Phi) is 3.92. The van der Waals surface area contributed by atoms with Crippen molar-refractivity contribution in [2.24, 2.45) is 0 Å². The third-order valence-electron chi connectivity index (χ3n) is 3.60. The number of hydrogen-bond acceptors (Lipinski definition) is 2. The van der Waals surface area contributed by atoms with Gasteiger partial charge >= 0.3 is 0 Å². The zero-order valence-corrected chi connectivity index (χ0v) is 11.1. The van der Waals surface area contributed by atoms with E-state index in [0.717, 1.165) is 32.8 Å². The molecule has 1 aliphatic rings. The standard InChI is InChI=1S/C17H19NO/c1-2-6-15(7-3-1)17-9-5-4-8-16(17)14-18-10-12-19-13-11-18/h1-9H,10-14H2. The van der Waals surface area contributed by atoms with Crippen molar-refractivity contribution in [1.29, 1.82) is 0 Å². The van der Waals surface area contributed by atoms with Crippen molar-refractivity contribution in [3.05, 3.63) is 60.2 Å². The van der Waals surface area contributed by atoms with E-state index in [1.807, 2.05) is 0 Å². The lowest BCUT2D eigenvalue weighted by Gasteiger charge is -2.27. The molecule has 0 N–H and O–H groups in total. The van der Waals surface area contributed by atoms with E-state index in [1.54, 1.807) is 0 Å². The molecule has 2 heteroatoms. The summed E-state index contributed by atoms with van der Waals surface area (Å²) in [5.74, 6) is 0. The van der Waals surface area contributed by atoms with E-state index in [0.29, 0.717) is 0 Å². The average Bonchev–Trinajstić information content (AvgIpc) is 2.50. The summed E-state index contributed by atoms with van der Waals surface area (Å²) in [5, 5.41) is 0. The molecule has 0 radical (unpaired) electrons. The molecule has 0 aliphatic carbocycles. The summed E-state index contributed by atoms with van der Waals surface area (Å²) in [7, 11) is 0. The van der Waals surface area contributed by atoms with Crippen LogP contribution in [-0.4, -0.2) is 31.2 Å². The van der Waals surface area contributed by atoms with Gasteiger partial charge in [-0.2, -0.15) is 0 Å². The van der Waals surface area contributed by atoms with E-state index in [4.69, 9.17) is 4.74 Å². The van der Waals surface area contributed by atoms with Crippen LogP contribution in [-0.2, 0) is 11.3 Å². The van der Waals surface area contributed by atoms with Crippen molar-refractivity contribution < 1.29 is 4.74 Å². The van der Waals surface area contributed by atoms with Crippen molar-refractivity contribution in [2.45, 2.75) is 6.54 Å². The molecule has 0 saturated carbocycles. The third-order valence-corrected chi connectivity index (χ3v) is 3.60. The summed E-state index contributed by atoms with van der Waals surface area (Å²) in [6, 6.07) is 19.3. The second kappa shape index (κ2) is 6.00. The molecule has 0 atom stereocenters. The fraction of sp³-hybridized carbons (Fsp3) is 0.294. The van der Waals surface area contributed by atoms with Gasteiger partial charge in [0.1, 0.15) is 0 Å². The Bertz CT molecular complexity index is 518. The molecule has 19 heavy (non-hydrogen) atoms. The lowest BCUT2D eigenvalue weighted by atomic mass is 9.99. The summed E-state index contributed by atoms with van der Waals surface area (Å²) in [6.07, 6.45) is 0. The molecule has 1 heterocycles. The summed E-state index contributed by atoms with van der Waals surface area (Å²) in [5.41, 5.74) is 4.04. The predicted octanol–water partition coefficient (Wildman–Crippen LogP) is 3.19. The number of ether oxygens (including phenoxy) is 1. The van der Waals surface area contributed by atoms with E-state index in [-0.39, 0.29) is 0 Å². The minimum atomic E-state index is 0.855. The van der Waals surface area contributed by atoms with Gasteiger partial charge in [-0.05, 0) is 16.7 Å². The van der Waals surface area contributed by atoms with Crippen LogP contribution in [0.25, 0.3) is 11.1 Å². The molecule has 0 amide bonds. The quantitative estimate of drug-likeness (QED) is 0.833. The highest BCUT2D eigenvalue weighted by atomic mass is 16.5. The molecule has 0 bridgehead atoms. The number of hydrogen-bond donors (Lipinski definition) is 0. The van der Waals surface area contributed by atoms with Gasteiger partial charge in [0.05, 0.1) is 13.2 Å². The van der Waals surface area contributed by atoms with Crippen molar-refractivity contribution in [3.8, 4) is 11.1 Å². The molecule has 0 aromatic heterocycles. The van der Waals surface area contributed by atoms with Gasteiger partial charge < -0.3 is 4.74 Å². The molecule has 2 nitrogen and oxygen atoms in total. The Morgan fingerprint density at radius 1 is 0.842 bits per heavy atom. The van der Waals surface area contributed by atoms with E-state index < -0.39 is 0 Å². The highest BCUT2D eigenvalue weighted by molar-refractivity contribution is 5.67. The number of nitrogens with zero attached hydrogens (tertiary/aromatic N) is 1. The highest BCUT2D eigenvalue weighted by Gasteiger charge is 2.12. The fourth-order valence-corrected chi connectivity index (χ4v) is 2.56. The monoisotopic (exact) mass is 253 g/mol. The maximum absolute atomic E-state index is 5.41. The highest BCUT2D eigenvalue weighted by Crippen LogP contribution is 2.24. The zero-order chi connectivity index (χ0) is 12.9. The summed E-state index contributed by atoms with van der Waals surface area (Å²) >= 11 is 0. The van der Waals surface area contributed by atoms with E-state index >= 15 is 0 Å². The number of morpholine rings is 1. The van der Waals surface area contributed by atoms with Gasteiger partial charge in [0, 0.05) is 19.6 Å².